The monoisotopic (exact) mass is 328 g/mol. The van der Waals surface area contributed by atoms with Crippen LogP contribution in [-0.2, 0) is 14.3 Å². The summed E-state index contributed by atoms with van der Waals surface area (Å²) in [7, 11) is 1.34. The van der Waals surface area contributed by atoms with Gasteiger partial charge in [-0.3, -0.25) is 4.79 Å². The summed E-state index contributed by atoms with van der Waals surface area (Å²) >= 11 is 0. The van der Waals surface area contributed by atoms with Gasteiger partial charge in [-0.2, -0.15) is 0 Å². The fourth-order valence-electron chi connectivity index (χ4n) is 2.27. The van der Waals surface area contributed by atoms with Crippen LogP contribution in [0.5, 0.6) is 0 Å². The first-order valence-corrected chi connectivity index (χ1v) is 6.90. The molecule has 0 aromatic heterocycles. The van der Waals surface area contributed by atoms with Crippen molar-refractivity contribution in [3.63, 3.8) is 0 Å². The largest absolute Gasteiger partial charge is 0.465 e. The second kappa shape index (κ2) is 8.73. The number of carbonyl (C=O) groups is 2. The van der Waals surface area contributed by atoms with E-state index in [4.69, 9.17) is 9.47 Å². The summed E-state index contributed by atoms with van der Waals surface area (Å²) in [4.78, 5) is 23.5. The molecule has 0 aliphatic carbocycles. The van der Waals surface area contributed by atoms with E-state index < -0.39 is 0 Å². The lowest BCUT2D eigenvalue weighted by Gasteiger charge is -2.23. The zero-order chi connectivity index (χ0) is 15.2. The molecule has 0 spiro atoms. The molecule has 1 atom stereocenters. The minimum absolute atomic E-state index is 0. The van der Waals surface area contributed by atoms with Gasteiger partial charge in [-0.1, -0.05) is 0 Å². The topological polar surface area (TPSA) is 76.7 Å². The molecule has 6 nitrogen and oxygen atoms in total. The zero-order valence-corrected chi connectivity index (χ0v) is 13.5. The Morgan fingerprint density at radius 1 is 1.45 bits per heavy atom. The van der Waals surface area contributed by atoms with Gasteiger partial charge in [0, 0.05) is 24.7 Å². The number of carbonyl (C=O) groups excluding carboxylic acids is 2. The Morgan fingerprint density at radius 3 is 2.82 bits per heavy atom. The lowest BCUT2D eigenvalue weighted by atomic mass is 10.1. The van der Waals surface area contributed by atoms with E-state index in [2.05, 4.69) is 10.6 Å². The van der Waals surface area contributed by atoms with Gasteiger partial charge in [0.25, 0.3) is 0 Å². The Kier molecular flexibility index (Phi) is 7.31. The van der Waals surface area contributed by atoms with E-state index in [1.807, 2.05) is 0 Å². The van der Waals surface area contributed by atoms with Crippen LogP contribution in [0.4, 0.5) is 5.69 Å². The van der Waals surface area contributed by atoms with Crippen molar-refractivity contribution in [1.29, 1.82) is 0 Å². The van der Waals surface area contributed by atoms with E-state index >= 15 is 0 Å². The minimum Gasteiger partial charge on any atom is -0.465 e. The van der Waals surface area contributed by atoms with Crippen LogP contribution in [0.2, 0.25) is 0 Å². The van der Waals surface area contributed by atoms with Crippen molar-refractivity contribution in [2.45, 2.75) is 19.4 Å². The average molecular weight is 329 g/mol. The van der Waals surface area contributed by atoms with Crippen molar-refractivity contribution in [3.05, 3.63) is 29.3 Å². The summed E-state index contributed by atoms with van der Waals surface area (Å²) < 4.78 is 10.0. The van der Waals surface area contributed by atoms with Gasteiger partial charge in [0.15, 0.2) is 0 Å². The first kappa shape index (κ1) is 18.4. The summed E-state index contributed by atoms with van der Waals surface area (Å²) in [5, 5.41) is 6.06. The van der Waals surface area contributed by atoms with Crippen LogP contribution in [0.1, 0.15) is 22.3 Å². The molecule has 1 aromatic rings. The summed E-state index contributed by atoms with van der Waals surface area (Å²) in [6.45, 7) is 3.81. The van der Waals surface area contributed by atoms with Gasteiger partial charge in [-0.05, 0) is 30.7 Å². The molecule has 0 bridgehead atoms. The van der Waals surface area contributed by atoms with E-state index in [9.17, 15) is 9.59 Å². The predicted molar refractivity (Wildman–Crippen MR) is 85.6 cm³/mol. The van der Waals surface area contributed by atoms with E-state index in [0.29, 0.717) is 30.9 Å². The highest BCUT2D eigenvalue weighted by molar-refractivity contribution is 5.94. The first-order valence-electron chi connectivity index (χ1n) is 6.90. The first-order chi connectivity index (χ1) is 10.1. The summed E-state index contributed by atoms with van der Waals surface area (Å²) in [5.74, 6) is -0.461. The van der Waals surface area contributed by atoms with Crippen LogP contribution < -0.4 is 10.6 Å². The normalized spacial score (nSPS) is 17.3. The fourth-order valence-corrected chi connectivity index (χ4v) is 2.27. The Bertz CT molecular complexity index is 530. The number of ether oxygens (including phenoxy) is 2. The molecule has 1 unspecified atom stereocenters. The third kappa shape index (κ3) is 4.98. The predicted octanol–water partition coefficient (Wildman–Crippen LogP) is 1.52. The Hall–Kier alpha value is -1.63. The van der Waals surface area contributed by atoms with Crippen molar-refractivity contribution in [1.82, 2.24) is 5.32 Å². The molecule has 0 saturated carbocycles. The number of amides is 1. The van der Waals surface area contributed by atoms with Crippen molar-refractivity contribution in [3.8, 4) is 0 Å². The van der Waals surface area contributed by atoms with Crippen LogP contribution >= 0.6 is 12.4 Å². The lowest BCUT2D eigenvalue weighted by Crippen LogP contribution is -2.43. The van der Waals surface area contributed by atoms with E-state index in [1.165, 1.54) is 7.11 Å². The molecule has 2 N–H and O–H groups in total. The molecule has 1 aliphatic rings. The van der Waals surface area contributed by atoms with Crippen LogP contribution in [0, 0.1) is 6.92 Å². The van der Waals surface area contributed by atoms with Crippen molar-refractivity contribution < 1.29 is 19.1 Å². The molecule has 1 heterocycles. The number of nitrogens with one attached hydrogen (secondary N) is 2. The number of rotatable bonds is 4. The maximum atomic E-state index is 12.0. The molecule has 1 aliphatic heterocycles. The Balaban J connectivity index is 0.00000242. The fraction of sp³-hybridized carbons (Fsp3) is 0.467. The third-order valence-electron chi connectivity index (χ3n) is 3.35. The number of hydrogen-bond acceptors (Lipinski definition) is 5. The third-order valence-corrected chi connectivity index (χ3v) is 3.35. The highest BCUT2D eigenvalue weighted by Crippen LogP contribution is 2.16. The van der Waals surface area contributed by atoms with Crippen LogP contribution in [0.15, 0.2) is 18.2 Å². The number of anilines is 1. The number of morpholine rings is 1. The van der Waals surface area contributed by atoms with Gasteiger partial charge in [0.1, 0.15) is 0 Å². The molecule has 2 rings (SSSR count). The number of benzene rings is 1. The van der Waals surface area contributed by atoms with Gasteiger partial charge in [-0.15, -0.1) is 12.4 Å². The van der Waals surface area contributed by atoms with Gasteiger partial charge >= 0.3 is 5.97 Å². The number of esters is 1. The molecule has 1 amide bonds. The molecule has 1 fully saturated rings. The van der Waals surface area contributed by atoms with Crippen LogP contribution in [0.3, 0.4) is 0 Å². The smallest absolute Gasteiger partial charge is 0.338 e. The number of aryl methyl sites for hydroxylation is 1. The SMILES string of the molecule is COC(=O)c1ccc(NC(=O)CC2COCCN2)cc1C.Cl. The molecule has 1 aromatic carbocycles. The highest BCUT2D eigenvalue weighted by Gasteiger charge is 2.17. The molecule has 0 radical (unpaired) electrons. The van der Waals surface area contributed by atoms with Crippen molar-refractivity contribution in [2.24, 2.45) is 0 Å². The molecular weight excluding hydrogens is 308 g/mol. The van der Waals surface area contributed by atoms with Crippen molar-refractivity contribution >= 4 is 30.0 Å². The zero-order valence-electron chi connectivity index (χ0n) is 12.7. The summed E-state index contributed by atoms with van der Waals surface area (Å²) in [6, 6.07) is 5.16. The quantitative estimate of drug-likeness (QED) is 0.820. The molecule has 22 heavy (non-hydrogen) atoms. The van der Waals surface area contributed by atoms with Gasteiger partial charge in [0.2, 0.25) is 5.91 Å². The average Bonchev–Trinajstić information content (AvgIpc) is 2.47. The van der Waals surface area contributed by atoms with Crippen molar-refractivity contribution in [2.75, 3.05) is 32.2 Å². The number of methoxy groups -OCH3 is 1. The second-order valence-electron chi connectivity index (χ2n) is 5.00. The van der Waals surface area contributed by atoms with E-state index in [0.717, 1.165) is 12.1 Å². The molecule has 1 saturated heterocycles. The summed E-state index contributed by atoms with van der Waals surface area (Å²) in [5.41, 5.74) is 1.93. The maximum absolute atomic E-state index is 12.0. The van der Waals surface area contributed by atoms with E-state index in [1.54, 1.807) is 25.1 Å². The van der Waals surface area contributed by atoms with Crippen LogP contribution in [0.25, 0.3) is 0 Å². The van der Waals surface area contributed by atoms with Crippen LogP contribution in [-0.4, -0.2) is 44.8 Å². The minimum atomic E-state index is -0.381. The van der Waals surface area contributed by atoms with Gasteiger partial charge in [-0.25, -0.2) is 4.79 Å². The standard InChI is InChI=1S/C15H20N2O4.ClH/c1-10-7-11(3-4-13(10)15(19)20-2)17-14(18)8-12-9-21-6-5-16-12;/h3-4,7,12,16H,5-6,8-9H2,1-2H3,(H,17,18);1H. The second-order valence-corrected chi connectivity index (χ2v) is 5.00. The Morgan fingerprint density at radius 2 is 2.23 bits per heavy atom. The lowest BCUT2D eigenvalue weighted by molar-refractivity contribution is -0.117. The molecule has 7 heteroatoms. The summed E-state index contributed by atoms with van der Waals surface area (Å²) in [6.07, 6.45) is 0.359. The number of hydrogen-bond donors (Lipinski definition) is 2. The number of halogens is 1. The highest BCUT2D eigenvalue weighted by atomic mass is 35.5. The molecular formula is C15H21ClN2O4. The molecule has 122 valence electrons. The van der Waals surface area contributed by atoms with Gasteiger partial charge in [0.05, 0.1) is 25.9 Å². The van der Waals surface area contributed by atoms with E-state index in [-0.39, 0.29) is 30.3 Å². The maximum Gasteiger partial charge on any atom is 0.338 e. The Labute approximate surface area is 136 Å². The van der Waals surface area contributed by atoms with Gasteiger partial charge < -0.3 is 20.1 Å².